The zero-order valence-corrected chi connectivity index (χ0v) is 48.6. The van der Waals surface area contributed by atoms with Crippen molar-refractivity contribution in [2.24, 2.45) is 0 Å². The number of fused-ring (bicyclic) bond motifs is 12. The third-order valence-electron chi connectivity index (χ3n) is 17.0. The highest BCUT2D eigenvalue weighted by atomic mass is 16.2. The fourth-order valence-electron chi connectivity index (χ4n) is 13.0. The zero-order valence-electron chi connectivity index (χ0n) is 48.6. The van der Waals surface area contributed by atoms with Crippen molar-refractivity contribution in [3.8, 4) is 6.07 Å². The molecule has 12 heterocycles. The molecule has 21 nitrogen and oxygen atoms in total. The van der Waals surface area contributed by atoms with Gasteiger partial charge in [0.15, 0.2) is 0 Å². The summed E-state index contributed by atoms with van der Waals surface area (Å²) in [5, 5.41) is 27.1. The van der Waals surface area contributed by atoms with Crippen molar-refractivity contribution < 1.29 is 38.4 Å². The lowest BCUT2D eigenvalue weighted by atomic mass is 10.1. The quantitative estimate of drug-likeness (QED) is 0.120. The number of hydrogen-bond donors (Lipinski definition) is 4. The molecule has 0 bridgehead atoms. The maximum atomic E-state index is 12.3. The number of nitrogens with zero attached hydrogens (tertiary/aromatic N) is 9. The lowest BCUT2D eigenvalue weighted by Gasteiger charge is -2.23. The average molecular weight is 1180 g/mol. The molecule has 8 amide bonds. The van der Waals surface area contributed by atoms with Crippen molar-refractivity contribution in [2.45, 2.75) is 96.3 Å². The van der Waals surface area contributed by atoms with E-state index in [0.29, 0.717) is 62.6 Å². The first-order valence-electron chi connectivity index (χ1n) is 29.4. The van der Waals surface area contributed by atoms with Crippen LogP contribution in [-0.2, 0) is 38.4 Å². The Hall–Kier alpha value is -11.3. The molecule has 21 heteroatoms. The van der Waals surface area contributed by atoms with Crippen LogP contribution in [-0.4, -0.2) is 85.5 Å². The van der Waals surface area contributed by atoms with Crippen LogP contribution in [0.25, 0.3) is 87.7 Å². The smallest absolute Gasteiger partial charge is 0.249 e. The van der Waals surface area contributed by atoms with Gasteiger partial charge in [-0.1, -0.05) is 72.8 Å². The number of para-hydroxylation sites is 4. The van der Waals surface area contributed by atoms with Gasteiger partial charge in [0, 0.05) is 92.6 Å². The van der Waals surface area contributed by atoms with E-state index >= 15 is 0 Å². The van der Waals surface area contributed by atoms with Crippen molar-refractivity contribution >= 4 is 135 Å². The zero-order chi connectivity index (χ0) is 61.8. The molecule has 16 rings (SSSR count). The normalized spacial score (nSPS) is 18.7. The lowest BCUT2D eigenvalue weighted by Crippen LogP contribution is -2.41. The number of rotatable bonds is 4. The van der Waals surface area contributed by atoms with E-state index in [0.717, 1.165) is 99.0 Å². The molecule has 12 aromatic rings. The van der Waals surface area contributed by atoms with E-state index in [2.05, 4.69) is 53.3 Å². The monoisotopic (exact) mass is 1180 g/mol. The van der Waals surface area contributed by atoms with Gasteiger partial charge in [0.05, 0.1) is 33.7 Å². The average Bonchev–Trinajstić information content (AvgIpc) is 1.77. The van der Waals surface area contributed by atoms with E-state index in [1.165, 1.54) is 0 Å². The van der Waals surface area contributed by atoms with E-state index in [9.17, 15) is 43.6 Å². The Labute approximate surface area is 506 Å². The van der Waals surface area contributed by atoms with Crippen molar-refractivity contribution in [3.63, 3.8) is 0 Å². The second-order valence-electron chi connectivity index (χ2n) is 22.6. The first-order chi connectivity index (χ1) is 43.2. The largest absolute Gasteiger partial charge is 0.313 e. The summed E-state index contributed by atoms with van der Waals surface area (Å²) in [5.74, 6) is -1.93. The van der Waals surface area contributed by atoms with Gasteiger partial charge in [-0.3, -0.25) is 59.6 Å². The number of hydrogen-bond acceptors (Lipinski definition) is 13. The van der Waals surface area contributed by atoms with Crippen LogP contribution < -0.4 is 21.3 Å². The standard InChI is InChI=1S/C17H12N4O2.3C17H15N3O2/c18-9-10-7-8-19-16-15(10)11-3-1-2-4-12(11)21(16)13-5-6-14(22)20-17(13)23;1-10-8-9-18-16-15(10)11-4-2-3-5-12(11)20(16)13-6-7-14(21)19-17(13)22;2*1-10-6-7-12-11-4-2-3-5-13(11)20(16(12)18-10)14-8-9-15(21)19-17(14)22/h1-4,7-8,13H,5-6H2,(H,20,22,23);2-5,8-9,13H,6-7H2,1H3,(H,19,21,22);2*2-7,14H,8-9H2,1H3,(H,19,21,22). The van der Waals surface area contributed by atoms with Gasteiger partial charge in [-0.05, 0) is 113 Å². The molecule has 4 N–H and O–H groups in total. The SMILES string of the molecule is Cc1ccc2c3ccccc3n(C3CCC(=O)NC3=O)c2n1.Cc1ccc2c3ccccc3n(C3CCC(=O)NC3=O)c2n1.Cc1ccnc2c1c1ccccc1n2C1CCC(=O)NC1=O.N#Cc1ccnc2c1c1ccccc1n2C1CCC(=O)NC1=O. The molecule has 4 atom stereocenters. The number of imide groups is 4. The molecule has 4 aromatic carbocycles. The van der Waals surface area contributed by atoms with Crippen LogP contribution in [0.1, 0.15) is 98.0 Å². The Morgan fingerprint density at radius 3 is 1.09 bits per heavy atom. The summed E-state index contributed by atoms with van der Waals surface area (Å²) < 4.78 is 7.76. The number of aryl methyl sites for hydroxylation is 3. The molecular formula is C68H57N13O8. The Balaban J connectivity index is 0.000000109. The summed E-state index contributed by atoms with van der Waals surface area (Å²) in [6.07, 6.45) is 6.65. The van der Waals surface area contributed by atoms with Gasteiger partial charge in [0.1, 0.15) is 46.8 Å². The molecular weight excluding hydrogens is 1130 g/mol. The summed E-state index contributed by atoms with van der Waals surface area (Å²) in [7, 11) is 0. The van der Waals surface area contributed by atoms with Gasteiger partial charge in [-0.2, -0.15) is 5.26 Å². The van der Waals surface area contributed by atoms with Gasteiger partial charge in [-0.25, -0.2) is 19.9 Å². The van der Waals surface area contributed by atoms with Crippen LogP contribution >= 0.6 is 0 Å². The minimum Gasteiger partial charge on any atom is -0.313 e. The molecule has 442 valence electrons. The Morgan fingerprint density at radius 2 is 0.708 bits per heavy atom. The minimum absolute atomic E-state index is 0.203. The highest BCUT2D eigenvalue weighted by molar-refractivity contribution is 6.14. The molecule has 4 aliphatic heterocycles. The van der Waals surface area contributed by atoms with Crippen molar-refractivity contribution in [2.75, 3.05) is 0 Å². The van der Waals surface area contributed by atoms with Gasteiger partial charge in [0.2, 0.25) is 47.3 Å². The number of nitriles is 1. The number of carbonyl (C=O) groups excluding carboxylic acids is 8. The molecule has 4 unspecified atom stereocenters. The van der Waals surface area contributed by atoms with Crippen LogP contribution in [0.5, 0.6) is 0 Å². The molecule has 0 saturated carbocycles. The second kappa shape index (κ2) is 23.2. The third kappa shape index (κ3) is 10.2. The number of piperidine rings is 4. The topological polar surface area (TPSA) is 280 Å². The molecule has 89 heavy (non-hydrogen) atoms. The Morgan fingerprint density at radius 1 is 0.382 bits per heavy atom. The van der Waals surface area contributed by atoms with Crippen molar-refractivity contribution in [1.29, 1.82) is 5.26 Å². The van der Waals surface area contributed by atoms with Gasteiger partial charge >= 0.3 is 0 Å². The number of aromatic nitrogens is 8. The number of amides is 8. The van der Waals surface area contributed by atoms with Gasteiger partial charge in [0.25, 0.3) is 0 Å². The predicted molar refractivity (Wildman–Crippen MR) is 334 cm³/mol. The summed E-state index contributed by atoms with van der Waals surface area (Å²) >= 11 is 0. The fraction of sp³-hybridized carbons (Fsp3) is 0.221. The maximum Gasteiger partial charge on any atom is 0.249 e. The van der Waals surface area contributed by atoms with E-state index in [4.69, 9.17) is 0 Å². The fourth-order valence-corrected chi connectivity index (χ4v) is 13.0. The highest BCUT2D eigenvalue weighted by Crippen LogP contribution is 2.39. The van der Waals surface area contributed by atoms with E-state index < -0.39 is 24.2 Å². The molecule has 0 spiro atoms. The Bertz CT molecular complexity index is 4840. The van der Waals surface area contributed by atoms with Crippen LogP contribution in [0.2, 0.25) is 0 Å². The van der Waals surface area contributed by atoms with Gasteiger partial charge < -0.3 is 18.3 Å². The molecule has 8 aromatic heterocycles. The molecule has 4 fully saturated rings. The molecule has 0 aliphatic carbocycles. The first-order valence-corrected chi connectivity index (χ1v) is 29.4. The van der Waals surface area contributed by atoms with Crippen molar-refractivity contribution in [1.82, 2.24) is 59.5 Å². The van der Waals surface area contributed by atoms with Crippen LogP contribution in [0.3, 0.4) is 0 Å². The number of carbonyl (C=O) groups is 8. The maximum absolute atomic E-state index is 12.3. The van der Waals surface area contributed by atoms with Crippen LogP contribution in [0.15, 0.2) is 146 Å². The minimum atomic E-state index is -0.503. The number of pyridine rings is 4. The van der Waals surface area contributed by atoms with Crippen molar-refractivity contribution in [3.05, 3.63) is 168 Å². The van der Waals surface area contributed by atoms with E-state index in [1.54, 1.807) is 18.5 Å². The second-order valence-corrected chi connectivity index (χ2v) is 22.6. The number of nitrogens with one attached hydrogen (secondary N) is 4. The lowest BCUT2D eigenvalue weighted by molar-refractivity contribution is -0.137. The highest BCUT2D eigenvalue weighted by Gasteiger charge is 2.35. The first kappa shape index (κ1) is 56.8. The summed E-state index contributed by atoms with van der Waals surface area (Å²) in [6.45, 7) is 5.92. The molecule has 4 saturated heterocycles. The molecule has 0 radical (unpaired) electrons. The Kier molecular flexibility index (Phi) is 14.8. The van der Waals surface area contributed by atoms with E-state index in [-0.39, 0.29) is 47.3 Å². The van der Waals surface area contributed by atoms with Crippen LogP contribution in [0.4, 0.5) is 0 Å². The van der Waals surface area contributed by atoms with Crippen LogP contribution in [0, 0.1) is 32.1 Å². The van der Waals surface area contributed by atoms with Gasteiger partial charge in [-0.15, -0.1) is 0 Å². The summed E-state index contributed by atoms with van der Waals surface area (Å²) in [5.41, 5.74) is 10.2. The third-order valence-corrected chi connectivity index (χ3v) is 17.0. The molecule has 4 aliphatic rings. The van der Waals surface area contributed by atoms with E-state index in [1.807, 2.05) is 160 Å². The summed E-state index contributed by atoms with van der Waals surface area (Å²) in [6, 6.07) is 43.7. The number of benzene rings is 4. The summed E-state index contributed by atoms with van der Waals surface area (Å²) in [4.78, 5) is 113. The predicted octanol–water partition coefficient (Wildman–Crippen LogP) is 9.47.